The van der Waals surface area contributed by atoms with Gasteiger partial charge in [-0.3, -0.25) is 14.9 Å². The van der Waals surface area contributed by atoms with Crippen LogP contribution in [0.1, 0.15) is 37.3 Å². The van der Waals surface area contributed by atoms with Gasteiger partial charge in [0.1, 0.15) is 6.04 Å². The number of urea groups is 1. The van der Waals surface area contributed by atoms with Crippen LogP contribution in [0.3, 0.4) is 0 Å². The minimum atomic E-state index is -0.613. The predicted octanol–water partition coefficient (Wildman–Crippen LogP) is 0.876. The van der Waals surface area contributed by atoms with Gasteiger partial charge in [0, 0.05) is 36.0 Å². The van der Waals surface area contributed by atoms with Crippen LogP contribution in [0.5, 0.6) is 5.88 Å². The van der Waals surface area contributed by atoms with Gasteiger partial charge in [0.15, 0.2) is 5.88 Å². The Balaban J connectivity index is 1.43. The number of hydrogen-bond donors (Lipinski definition) is 5. The van der Waals surface area contributed by atoms with Crippen LogP contribution in [0.25, 0.3) is 10.8 Å². The molecule has 154 valence electrons. The number of fused-ring (bicyclic) bond motifs is 1. The summed E-state index contributed by atoms with van der Waals surface area (Å²) in [7, 11) is 0. The van der Waals surface area contributed by atoms with Crippen molar-refractivity contribution in [3.63, 3.8) is 0 Å². The number of hydrogen-bond acceptors (Lipinski definition) is 5. The van der Waals surface area contributed by atoms with Gasteiger partial charge in [-0.1, -0.05) is 6.07 Å². The predicted molar refractivity (Wildman–Crippen MR) is 106 cm³/mol. The third kappa shape index (κ3) is 4.19. The molecule has 0 spiro atoms. The number of carbonyl (C=O) groups is 3. The zero-order valence-electron chi connectivity index (χ0n) is 16.0. The second kappa shape index (κ2) is 8.12. The Kier molecular flexibility index (Phi) is 5.39. The number of nitrogens with one attached hydrogen (secondary N) is 4. The quantitative estimate of drug-likeness (QED) is 0.488. The number of carbonyl (C=O) groups excluding carboxylic acids is 3. The summed E-state index contributed by atoms with van der Waals surface area (Å²) in [6.07, 6.45) is 4.15. The van der Waals surface area contributed by atoms with Crippen LogP contribution in [0.2, 0.25) is 0 Å². The minimum absolute atomic E-state index is 0.00217. The third-order valence-corrected chi connectivity index (χ3v) is 5.55. The summed E-state index contributed by atoms with van der Waals surface area (Å²) in [4.78, 5) is 35.6. The molecule has 9 nitrogen and oxygen atoms in total. The topological polar surface area (TPSA) is 124 Å². The molecule has 3 heterocycles. The van der Waals surface area contributed by atoms with Crippen LogP contribution in [-0.4, -0.2) is 46.7 Å². The van der Waals surface area contributed by atoms with Crippen LogP contribution in [0.15, 0.2) is 24.4 Å². The molecule has 1 unspecified atom stereocenters. The zero-order valence-corrected chi connectivity index (χ0v) is 16.0. The monoisotopic (exact) mass is 399 g/mol. The number of aromatic hydroxyl groups is 1. The molecule has 2 aromatic rings. The van der Waals surface area contributed by atoms with Gasteiger partial charge in [-0.05, 0) is 50.0 Å². The molecule has 1 atom stereocenters. The SMILES string of the molecule is O=C1CCC(n2cc3cc(CNC(=O)NC4CCNCC4)ccc3c2O)C(=O)N1. The maximum Gasteiger partial charge on any atom is 0.315 e. The van der Waals surface area contributed by atoms with Crippen molar-refractivity contribution in [1.82, 2.24) is 25.8 Å². The first-order chi connectivity index (χ1) is 14.0. The first kappa shape index (κ1) is 19.3. The van der Waals surface area contributed by atoms with E-state index in [0.717, 1.165) is 36.9 Å². The first-order valence-corrected chi connectivity index (χ1v) is 9.92. The van der Waals surface area contributed by atoms with E-state index in [9.17, 15) is 19.5 Å². The van der Waals surface area contributed by atoms with Crippen molar-refractivity contribution in [2.75, 3.05) is 13.1 Å². The van der Waals surface area contributed by atoms with Crippen LogP contribution in [-0.2, 0) is 16.1 Å². The molecule has 4 rings (SSSR count). The molecule has 4 amide bonds. The fourth-order valence-electron chi connectivity index (χ4n) is 3.95. The van der Waals surface area contributed by atoms with Gasteiger partial charge < -0.3 is 25.6 Å². The number of benzene rings is 1. The zero-order chi connectivity index (χ0) is 20.4. The third-order valence-electron chi connectivity index (χ3n) is 5.55. The maximum absolute atomic E-state index is 12.1. The fourth-order valence-corrected chi connectivity index (χ4v) is 3.95. The lowest BCUT2D eigenvalue weighted by Crippen LogP contribution is -2.46. The van der Waals surface area contributed by atoms with Gasteiger partial charge in [-0.2, -0.15) is 0 Å². The summed E-state index contributed by atoms with van der Waals surface area (Å²) in [5.41, 5.74) is 0.887. The Labute approximate surface area is 167 Å². The van der Waals surface area contributed by atoms with Gasteiger partial charge in [0.2, 0.25) is 11.8 Å². The number of piperidine rings is 2. The summed E-state index contributed by atoms with van der Waals surface area (Å²) in [6.45, 7) is 2.18. The van der Waals surface area contributed by atoms with E-state index in [1.54, 1.807) is 12.3 Å². The summed E-state index contributed by atoms with van der Waals surface area (Å²) in [5, 5.41) is 23.3. The molecular weight excluding hydrogens is 374 g/mol. The average molecular weight is 399 g/mol. The van der Waals surface area contributed by atoms with Gasteiger partial charge in [-0.25, -0.2) is 4.79 Å². The molecule has 0 saturated carbocycles. The lowest BCUT2D eigenvalue weighted by atomic mass is 10.1. The van der Waals surface area contributed by atoms with Crippen molar-refractivity contribution < 1.29 is 19.5 Å². The van der Waals surface area contributed by atoms with E-state index in [2.05, 4.69) is 21.3 Å². The summed E-state index contributed by atoms with van der Waals surface area (Å²) in [6, 6.07) is 4.87. The highest BCUT2D eigenvalue weighted by atomic mass is 16.3. The van der Waals surface area contributed by atoms with E-state index >= 15 is 0 Å². The van der Waals surface area contributed by atoms with Crippen LogP contribution >= 0.6 is 0 Å². The van der Waals surface area contributed by atoms with Crippen molar-refractivity contribution in [2.24, 2.45) is 0 Å². The van der Waals surface area contributed by atoms with Gasteiger partial charge in [0.05, 0.1) is 0 Å². The summed E-state index contributed by atoms with van der Waals surface area (Å²) >= 11 is 0. The van der Waals surface area contributed by atoms with Gasteiger partial charge in [-0.15, -0.1) is 0 Å². The molecule has 2 fully saturated rings. The average Bonchev–Trinajstić information content (AvgIpc) is 3.03. The number of imide groups is 1. The van der Waals surface area contributed by atoms with E-state index in [1.165, 1.54) is 4.57 Å². The van der Waals surface area contributed by atoms with Crippen molar-refractivity contribution in [2.45, 2.75) is 44.3 Å². The van der Waals surface area contributed by atoms with Crippen molar-refractivity contribution in [3.05, 3.63) is 30.0 Å². The Morgan fingerprint density at radius 3 is 2.76 bits per heavy atom. The molecule has 1 aromatic carbocycles. The molecule has 2 aliphatic rings. The number of amides is 4. The Bertz CT molecular complexity index is 948. The Morgan fingerprint density at radius 2 is 2.00 bits per heavy atom. The highest BCUT2D eigenvalue weighted by Crippen LogP contribution is 2.33. The second-order valence-electron chi connectivity index (χ2n) is 7.60. The molecule has 5 N–H and O–H groups in total. The van der Waals surface area contributed by atoms with Crippen molar-refractivity contribution in [3.8, 4) is 5.88 Å². The fraction of sp³-hybridized carbons (Fsp3) is 0.450. The Hall–Kier alpha value is -3.07. The number of aromatic nitrogens is 1. The largest absolute Gasteiger partial charge is 0.494 e. The van der Waals surface area contributed by atoms with E-state index in [1.807, 2.05) is 12.1 Å². The minimum Gasteiger partial charge on any atom is -0.494 e. The van der Waals surface area contributed by atoms with E-state index in [4.69, 9.17) is 0 Å². The highest BCUT2D eigenvalue weighted by Gasteiger charge is 2.30. The molecular formula is C20H25N5O4. The standard InChI is InChI=1S/C20H25N5O4/c26-17-4-3-16(18(27)24-17)25-11-13-9-12(1-2-15(13)19(25)28)10-22-20(29)23-14-5-7-21-8-6-14/h1-2,9,11,14,16,21,28H,3-8,10H2,(H2,22,23,29)(H,24,26,27). The first-order valence-electron chi connectivity index (χ1n) is 9.92. The molecule has 0 radical (unpaired) electrons. The number of rotatable bonds is 4. The smallest absolute Gasteiger partial charge is 0.315 e. The molecule has 2 aliphatic heterocycles. The van der Waals surface area contributed by atoms with E-state index in [-0.39, 0.29) is 30.3 Å². The lowest BCUT2D eigenvalue weighted by molar-refractivity contribution is -0.135. The summed E-state index contributed by atoms with van der Waals surface area (Å²) in [5.74, 6) is -0.704. The molecule has 0 bridgehead atoms. The van der Waals surface area contributed by atoms with Crippen molar-refractivity contribution in [1.29, 1.82) is 0 Å². The van der Waals surface area contributed by atoms with E-state index < -0.39 is 11.9 Å². The normalized spacial score (nSPS) is 20.5. The summed E-state index contributed by atoms with van der Waals surface area (Å²) < 4.78 is 1.51. The van der Waals surface area contributed by atoms with E-state index in [0.29, 0.717) is 18.4 Å². The van der Waals surface area contributed by atoms with Gasteiger partial charge in [0.25, 0.3) is 0 Å². The maximum atomic E-state index is 12.1. The molecule has 29 heavy (non-hydrogen) atoms. The molecule has 1 aromatic heterocycles. The number of nitrogens with zero attached hydrogens (tertiary/aromatic N) is 1. The van der Waals surface area contributed by atoms with Crippen LogP contribution in [0, 0.1) is 0 Å². The molecule has 2 saturated heterocycles. The van der Waals surface area contributed by atoms with Crippen molar-refractivity contribution >= 4 is 28.6 Å². The molecule has 0 aliphatic carbocycles. The van der Waals surface area contributed by atoms with Crippen LogP contribution in [0.4, 0.5) is 4.79 Å². The Morgan fingerprint density at radius 1 is 1.21 bits per heavy atom. The van der Waals surface area contributed by atoms with Crippen LogP contribution < -0.4 is 21.3 Å². The molecule has 9 heteroatoms. The van der Waals surface area contributed by atoms with Gasteiger partial charge >= 0.3 is 6.03 Å². The highest BCUT2D eigenvalue weighted by molar-refractivity contribution is 6.00. The lowest BCUT2D eigenvalue weighted by Gasteiger charge is -2.23. The second-order valence-corrected chi connectivity index (χ2v) is 7.60.